The number of rotatable bonds is 2. The van der Waals surface area contributed by atoms with Crippen LogP contribution >= 0.6 is 0 Å². The third-order valence-corrected chi connectivity index (χ3v) is 1.96. The summed E-state index contributed by atoms with van der Waals surface area (Å²) in [7, 11) is 0. The summed E-state index contributed by atoms with van der Waals surface area (Å²) < 4.78 is 0. The van der Waals surface area contributed by atoms with Crippen molar-refractivity contribution >= 4 is 6.09 Å². The summed E-state index contributed by atoms with van der Waals surface area (Å²) in [5, 5.41) is 19.2. The molecule has 1 saturated carbocycles. The molecule has 2 atom stereocenters. The van der Waals surface area contributed by atoms with Crippen molar-refractivity contribution in [3.63, 3.8) is 0 Å². The maximum absolute atomic E-state index is 10.1. The summed E-state index contributed by atoms with van der Waals surface area (Å²) in [6.45, 7) is 0.0882. The predicted molar refractivity (Wildman–Crippen MR) is 34.8 cm³/mol. The first-order valence-electron chi connectivity index (χ1n) is 3.34. The Labute approximate surface area is 58.9 Å². The fraction of sp³-hybridized carbons (Fsp3) is 0.833. The molecule has 3 N–H and O–H groups in total. The lowest BCUT2D eigenvalue weighted by atomic mass is 9.80. The molecule has 4 heteroatoms. The van der Waals surface area contributed by atoms with Gasteiger partial charge in [-0.15, -0.1) is 0 Å². The molecule has 1 unspecified atom stereocenters. The molecule has 1 aliphatic rings. The first-order valence-corrected chi connectivity index (χ1v) is 3.34. The highest BCUT2D eigenvalue weighted by Gasteiger charge is 2.30. The molecular weight excluding hydrogens is 134 g/mol. The summed E-state index contributed by atoms with van der Waals surface area (Å²) >= 11 is 0. The average Bonchev–Trinajstić information content (AvgIpc) is 1.82. The van der Waals surface area contributed by atoms with Crippen LogP contribution in [-0.2, 0) is 0 Å². The van der Waals surface area contributed by atoms with Crippen LogP contribution in [0, 0.1) is 5.92 Å². The van der Waals surface area contributed by atoms with Crippen LogP contribution < -0.4 is 5.32 Å². The molecule has 0 heterocycles. The van der Waals surface area contributed by atoms with Crippen molar-refractivity contribution in [2.24, 2.45) is 5.92 Å². The lowest BCUT2D eigenvalue weighted by molar-refractivity contribution is 0.110. The second kappa shape index (κ2) is 2.88. The Balaban J connectivity index is 2.23. The van der Waals surface area contributed by atoms with Gasteiger partial charge in [0.15, 0.2) is 0 Å². The van der Waals surface area contributed by atoms with E-state index in [4.69, 9.17) is 10.2 Å². The van der Waals surface area contributed by atoms with Gasteiger partial charge in [0.05, 0.1) is 0 Å². The van der Waals surface area contributed by atoms with Crippen molar-refractivity contribution in [3.05, 3.63) is 0 Å². The quantitative estimate of drug-likeness (QED) is 0.513. The minimum atomic E-state index is -0.997. The molecule has 1 aliphatic carbocycles. The van der Waals surface area contributed by atoms with E-state index >= 15 is 0 Å². The molecule has 0 aliphatic heterocycles. The smallest absolute Gasteiger partial charge is 0.404 e. The second-order valence-corrected chi connectivity index (χ2v) is 2.58. The molecule has 0 spiro atoms. The SMILES string of the molecule is O=C(O)N[C@H]1CCC1CO. The van der Waals surface area contributed by atoms with Gasteiger partial charge in [-0.05, 0) is 12.8 Å². The Kier molecular flexibility index (Phi) is 2.11. The van der Waals surface area contributed by atoms with E-state index in [2.05, 4.69) is 5.32 Å². The number of amides is 1. The topological polar surface area (TPSA) is 69.6 Å². The molecule has 1 fully saturated rings. The standard InChI is InChI=1S/C6H11NO3/c8-3-4-1-2-5(4)7-6(9)10/h4-5,7-8H,1-3H2,(H,9,10)/t4?,5-/m0/s1. The maximum atomic E-state index is 10.1. The van der Waals surface area contributed by atoms with Gasteiger partial charge in [0.25, 0.3) is 0 Å². The fourth-order valence-corrected chi connectivity index (χ4v) is 1.14. The van der Waals surface area contributed by atoms with E-state index in [0.29, 0.717) is 0 Å². The Morgan fingerprint density at radius 2 is 2.30 bits per heavy atom. The first-order chi connectivity index (χ1) is 4.74. The van der Waals surface area contributed by atoms with E-state index in [-0.39, 0.29) is 18.6 Å². The molecule has 0 aromatic rings. The van der Waals surface area contributed by atoms with Gasteiger partial charge in [-0.2, -0.15) is 0 Å². The summed E-state index contributed by atoms with van der Waals surface area (Å²) in [5.41, 5.74) is 0. The molecule has 1 rings (SSSR count). The number of carboxylic acid groups (broad SMARTS) is 1. The number of carbonyl (C=O) groups is 1. The van der Waals surface area contributed by atoms with Crippen molar-refractivity contribution in [3.8, 4) is 0 Å². The third kappa shape index (κ3) is 1.39. The molecule has 1 amide bonds. The summed E-state index contributed by atoms with van der Waals surface area (Å²) in [5.74, 6) is 0.149. The van der Waals surface area contributed by atoms with Crippen LogP contribution in [0.5, 0.6) is 0 Å². The number of hydrogen-bond donors (Lipinski definition) is 3. The maximum Gasteiger partial charge on any atom is 0.404 e. The van der Waals surface area contributed by atoms with Gasteiger partial charge in [-0.3, -0.25) is 0 Å². The van der Waals surface area contributed by atoms with E-state index in [1.165, 1.54) is 0 Å². The zero-order valence-corrected chi connectivity index (χ0v) is 5.58. The van der Waals surface area contributed by atoms with E-state index in [1.54, 1.807) is 0 Å². The van der Waals surface area contributed by atoms with Crippen molar-refractivity contribution in [1.29, 1.82) is 0 Å². The Bertz CT molecular complexity index is 135. The third-order valence-electron chi connectivity index (χ3n) is 1.96. The van der Waals surface area contributed by atoms with Gasteiger partial charge in [0.1, 0.15) is 0 Å². The molecule has 0 radical (unpaired) electrons. The number of aliphatic hydroxyl groups excluding tert-OH is 1. The largest absolute Gasteiger partial charge is 0.465 e. The lowest BCUT2D eigenvalue weighted by Gasteiger charge is -2.34. The highest BCUT2D eigenvalue weighted by atomic mass is 16.4. The number of aliphatic hydroxyl groups is 1. The van der Waals surface area contributed by atoms with Crippen molar-refractivity contribution in [2.45, 2.75) is 18.9 Å². The normalized spacial score (nSPS) is 30.9. The Morgan fingerprint density at radius 1 is 1.60 bits per heavy atom. The lowest BCUT2D eigenvalue weighted by Crippen LogP contribution is -2.47. The summed E-state index contributed by atoms with van der Waals surface area (Å²) in [4.78, 5) is 10.1. The Hall–Kier alpha value is -0.770. The van der Waals surface area contributed by atoms with Gasteiger partial charge in [0.2, 0.25) is 0 Å². The molecular formula is C6H11NO3. The molecule has 0 saturated heterocycles. The molecule has 0 aromatic heterocycles. The molecule has 10 heavy (non-hydrogen) atoms. The molecule has 0 bridgehead atoms. The zero-order valence-electron chi connectivity index (χ0n) is 5.58. The minimum absolute atomic E-state index is 0.0116. The Morgan fingerprint density at radius 3 is 2.60 bits per heavy atom. The van der Waals surface area contributed by atoms with Crippen LogP contribution in [0.25, 0.3) is 0 Å². The van der Waals surface area contributed by atoms with Crippen LogP contribution in [0.15, 0.2) is 0 Å². The van der Waals surface area contributed by atoms with E-state index in [1.807, 2.05) is 0 Å². The van der Waals surface area contributed by atoms with Crippen molar-refractivity contribution in [2.75, 3.05) is 6.61 Å². The first kappa shape index (κ1) is 7.34. The van der Waals surface area contributed by atoms with Gasteiger partial charge in [-0.1, -0.05) is 0 Å². The monoisotopic (exact) mass is 145 g/mol. The second-order valence-electron chi connectivity index (χ2n) is 2.58. The fourth-order valence-electron chi connectivity index (χ4n) is 1.14. The highest BCUT2D eigenvalue weighted by molar-refractivity contribution is 5.65. The summed E-state index contributed by atoms with van der Waals surface area (Å²) in [6.07, 6.45) is 0.794. The zero-order chi connectivity index (χ0) is 7.56. The molecule has 58 valence electrons. The van der Waals surface area contributed by atoms with Crippen molar-refractivity contribution < 1.29 is 15.0 Å². The molecule has 4 nitrogen and oxygen atoms in total. The predicted octanol–water partition coefficient (Wildman–Crippen LogP) is 0.0249. The van der Waals surface area contributed by atoms with Crippen LogP contribution in [0.3, 0.4) is 0 Å². The van der Waals surface area contributed by atoms with Crippen molar-refractivity contribution in [1.82, 2.24) is 5.32 Å². The van der Waals surface area contributed by atoms with Crippen LogP contribution in [-0.4, -0.2) is 29.0 Å². The average molecular weight is 145 g/mol. The van der Waals surface area contributed by atoms with Gasteiger partial charge >= 0.3 is 6.09 Å². The summed E-state index contributed by atoms with van der Waals surface area (Å²) in [6, 6.07) is -0.0116. The van der Waals surface area contributed by atoms with E-state index in [9.17, 15) is 4.79 Å². The van der Waals surface area contributed by atoms with Gasteiger partial charge in [0, 0.05) is 18.6 Å². The number of nitrogens with one attached hydrogen (secondary N) is 1. The van der Waals surface area contributed by atoms with Crippen LogP contribution in [0.1, 0.15) is 12.8 Å². The van der Waals surface area contributed by atoms with E-state index < -0.39 is 6.09 Å². The minimum Gasteiger partial charge on any atom is -0.465 e. The number of hydrogen-bond acceptors (Lipinski definition) is 2. The highest BCUT2D eigenvalue weighted by Crippen LogP contribution is 2.26. The molecule has 0 aromatic carbocycles. The van der Waals surface area contributed by atoms with Gasteiger partial charge < -0.3 is 15.5 Å². The van der Waals surface area contributed by atoms with E-state index in [0.717, 1.165) is 12.8 Å². The van der Waals surface area contributed by atoms with Crippen LogP contribution in [0.4, 0.5) is 4.79 Å². The van der Waals surface area contributed by atoms with Gasteiger partial charge in [-0.25, -0.2) is 4.79 Å². The van der Waals surface area contributed by atoms with Crippen LogP contribution in [0.2, 0.25) is 0 Å².